The molecule has 5 nitrogen and oxygen atoms in total. The van der Waals surface area contributed by atoms with Gasteiger partial charge in [0.2, 0.25) is 5.91 Å². The van der Waals surface area contributed by atoms with Gasteiger partial charge >= 0.3 is 0 Å². The molecule has 0 fully saturated rings. The van der Waals surface area contributed by atoms with Gasteiger partial charge in [-0.15, -0.1) is 0 Å². The zero-order chi connectivity index (χ0) is 47.9. The summed E-state index contributed by atoms with van der Waals surface area (Å²) in [6.07, 6.45) is 72.0. The van der Waals surface area contributed by atoms with E-state index < -0.39 is 18.2 Å². The van der Waals surface area contributed by atoms with Gasteiger partial charge in [-0.05, 0) is 44.9 Å². The first-order valence-electron chi connectivity index (χ1n) is 30.1. The Hall–Kier alpha value is -1.17. The maximum Gasteiger partial charge on any atom is 0.222 e. The van der Waals surface area contributed by atoms with Gasteiger partial charge in [0.05, 0.1) is 31.3 Å². The number of rotatable bonds is 56. The van der Waals surface area contributed by atoms with Crippen LogP contribution in [0.2, 0.25) is 0 Å². The van der Waals surface area contributed by atoms with Gasteiger partial charge in [-0.2, -0.15) is 0 Å². The molecule has 3 atom stereocenters. The Morgan fingerprint density at radius 3 is 0.955 bits per heavy atom. The van der Waals surface area contributed by atoms with Crippen LogP contribution >= 0.6 is 0 Å². The van der Waals surface area contributed by atoms with E-state index in [1.807, 2.05) is 0 Å². The first-order valence-corrected chi connectivity index (χ1v) is 30.1. The number of amides is 1. The first-order chi connectivity index (χ1) is 32.5. The lowest BCUT2D eigenvalue weighted by molar-refractivity contribution is -0.125. The number of carbonyl (C=O) groups is 1. The van der Waals surface area contributed by atoms with E-state index in [9.17, 15) is 20.1 Å². The van der Waals surface area contributed by atoms with E-state index in [0.717, 1.165) is 32.1 Å². The molecule has 0 radical (unpaired) electrons. The van der Waals surface area contributed by atoms with Crippen molar-refractivity contribution in [2.45, 2.75) is 353 Å². The van der Waals surface area contributed by atoms with Crippen molar-refractivity contribution in [1.82, 2.24) is 5.32 Å². The molecule has 0 aromatic heterocycles. The number of aliphatic hydroxyl groups is 3. The van der Waals surface area contributed by atoms with Crippen LogP contribution in [0.1, 0.15) is 335 Å². The molecule has 0 saturated carbocycles. The third-order valence-corrected chi connectivity index (χ3v) is 14.3. The van der Waals surface area contributed by atoms with Crippen molar-refractivity contribution in [3.8, 4) is 0 Å². The van der Waals surface area contributed by atoms with Crippen molar-refractivity contribution in [2.75, 3.05) is 6.61 Å². The minimum atomic E-state index is -0.749. The molecule has 0 aromatic rings. The summed E-state index contributed by atoms with van der Waals surface area (Å²) in [5.74, 6) is -0.278. The minimum absolute atomic E-state index is 0.0387. The van der Waals surface area contributed by atoms with E-state index in [1.54, 1.807) is 0 Å². The van der Waals surface area contributed by atoms with Crippen molar-refractivity contribution in [1.29, 1.82) is 0 Å². The Labute approximate surface area is 413 Å². The van der Waals surface area contributed by atoms with Gasteiger partial charge in [-0.3, -0.25) is 4.79 Å². The summed E-state index contributed by atoms with van der Waals surface area (Å²) in [4.78, 5) is 12.6. The van der Waals surface area contributed by atoms with E-state index in [1.165, 1.54) is 270 Å². The maximum atomic E-state index is 12.6. The van der Waals surface area contributed by atoms with Gasteiger partial charge in [0, 0.05) is 0 Å². The molecule has 4 N–H and O–H groups in total. The van der Waals surface area contributed by atoms with Crippen LogP contribution in [0, 0.1) is 0 Å². The molecule has 3 unspecified atom stereocenters. The highest BCUT2D eigenvalue weighted by atomic mass is 16.3. The fourth-order valence-corrected chi connectivity index (χ4v) is 9.67. The Morgan fingerprint density at radius 1 is 0.379 bits per heavy atom. The van der Waals surface area contributed by atoms with Crippen molar-refractivity contribution in [2.24, 2.45) is 0 Å². The molecule has 0 aliphatic carbocycles. The van der Waals surface area contributed by atoms with Gasteiger partial charge in [0.25, 0.3) is 0 Å². The number of aliphatic hydroxyl groups excluding tert-OH is 3. The second-order valence-corrected chi connectivity index (χ2v) is 21.0. The topological polar surface area (TPSA) is 89.8 Å². The van der Waals surface area contributed by atoms with Crippen LogP contribution in [0.15, 0.2) is 24.3 Å². The smallest absolute Gasteiger partial charge is 0.222 e. The normalized spacial score (nSPS) is 13.3. The summed E-state index contributed by atoms with van der Waals surface area (Å²) in [6.45, 7) is 4.30. The number of carbonyl (C=O) groups excluding carboxylic acids is 1. The molecule has 0 aromatic carbocycles. The lowest BCUT2D eigenvalue weighted by Crippen LogP contribution is -2.46. The highest BCUT2D eigenvalue weighted by Gasteiger charge is 2.21. The number of unbranched alkanes of at least 4 members (excludes halogenated alkanes) is 43. The second-order valence-electron chi connectivity index (χ2n) is 21.0. The summed E-state index contributed by atoms with van der Waals surface area (Å²) < 4.78 is 0. The molecule has 0 bridgehead atoms. The van der Waals surface area contributed by atoms with Crippen LogP contribution in [-0.4, -0.2) is 46.1 Å². The number of allylic oxidation sites excluding steroid dienone is 4. The average molecular weight is 931 g/mol. The summed E-state index contributed by atoms with van der Waals surface area (Å²) in [7, 11) is 0. The van der Waals surface area contributed by atoms with Crippen molar-refractivity contribution < 1.29 is 20.1 Å². The van der Waals surface area contributed by atoms with Gasteiger partial charge in [0.15, 0.2) is 0 Å². The zero-order valence-electron chi connectivity index (χ0n) is 44.9. The van der Waals surface area contributed by atoms with Gasteiger partial charge < -0.3 is 20.6 Å². The molecule has 0 saturated heterocycles. The Morgan fingerprint density at radius 2 is 0.652 bits per heavy atom. The number of hydrogen-bond donors (Lipinski definition) is 4. The van der Waals surface area contributed by atoms with Crippen LogP contribution in [0.3, 0.4) is 0 Å². The lowest BCUT2D eigenvalue weighted by Gasteiger charge is -2.23. The summed E-state index contributed by atoms with van der Waals surface area (Å²) in [5, 5.41) is 33.7. The first kappa shape index (κ1) is 64.8. The SMILES string of the molecule is CCCCCCCCCCC/C=C\C/C=C\CCCCCCCCCCCCCCCC(O)CC(=O)NC(CO)C(O)CCCCCCCCCCCCCCCCCCCCCCCC. The molecule has 0 heterocycles. The molecule has 0 aliphatic rings. The monoisotopic (exact) mass is 930 g/mol. The van der Waals surface area contributed by atoms with E-state index in [2.05, 4.69) is 43.5 Å². The van der Waals surface area contributed by atoms with E-state index in [0.29, 0.717) is 12.8 Å². The van der Waals surface area contributed by atoms with E-state index >= 15 is 0 Å². The number of hydrogen-bond acceptors (Lipinski definition) is 4. The molecule has 66 heavy (non-hydrogen) atoms. The van der Waals surface area contributed by atoms with Crippen LogP contribution in [0.4, 0.5) is 0 Å². The predicted octanol–water partition coefficient (Wildman–Crippen LogP) is 18.8. The zero-order valence-corrected chi connectivity index (χ0v) is 44.9. The van der Waals surface area contributed by atoms with Gasteiger partial charge in [0.1, 0.15) is 0 Å². The van der Waals surface area contributed by atoms with Crippen molar-refractivity contribution >= 4 is 5.91 Å². The minimum Gasteiger partial charge on any atom is -0.394 e. The largest absolute Gasteiger partial charge is 0.394 e. The van der Waals surface area contributed by atoms with Crippen molar-refractivity contribution in [3.63, 3.8) is 0 Å². The van der Waals surface area contributed by atoms with Crippen LogP contribution < -0.4 is 5.32 Å². The quantitative estimate of drug-likeness (QED) is 0.0361. The average Bonchev–Trinajstić information content (AvgIpc) is 3.31. The maximum absolute atomic E-state index is 12.6. The summed E-state index contributed by atoms with van der Waals surface area (Å²) in [6, 6.07) is -0.658. The Bertz CT molecular complexity index is 982. The molecule has 0 rings (SSSR count). The highest BCUT2D eigenvalue weighted by molar-refractivity contribution is 5.76. The number of nitrogens with one attached hydrogen (secondary N) is 1. The standard InChI is InChI=1S/C61H119NO4/c1-3-5-7-9-11-13-15-17-19-21-23-25-27-28-29-30-31-32-33-34-36-38-40-42-44-46-48-50-52-54-58(64)56-61(66)62-59(57-63)60(65)55-53-51-49-47-45-43-41-39-37-35-26-24-22-20-18-16-14-12-10-8-6-4-2/h23,25,28-29,58-60,63-65H,3-22,24,26-27,30-57H2,1-2H3,(H,62,66)/b25-23-,29-28-. The fourth-order valence-electron chi connectivity index (χ4n) is 9.67. The molecule has 392 valence electrons. The van der Waals surface area contributed by atoms with Crippen LogP contribution in [0.5, 0.6) is 0 Å². The third kappa shape index (κ3) is 52.2. The van der Waals surface area contributed by atoms with E-state index in [-0.39, 0.29) is 18.9 Å². The third-order valence-electron chi connectivity index (χ3n) is 14.3. The highest BCUT2D eigenvalue weighted by Crippen LogP contribution is 2.18. The molecular weight excluding hydrogens is 811 g/mol. The Kier molecular flexibility index (Phi) is 55.4. The molecule has 5 heteroatoms. The molecule has 0 spiro atoms. The summed E-state index contributed by atoms with van der Waals surface area (Å²) >= 11 is 0. The fraction of sp³-hybridized carbons (Fsp3) is 0.918. The van der Waals surface area contributed by atoms with Crippen molar-refractivity contribution in [3.05, 3.63) is 24.3 Å². The molecule has 0 aliphatic heterocycles. The van der Waals surface area contributed by atoms with Gasteiger partial charge in [-0.1, -0.05) is 308 Å². The Balaban J connectivity index is 3.51. The van der Waals surface area contributed by atoms with Crippen LogP contribution in [0.25, 0.3) is 0 Å². The molecule has 1 amide bonds. The van der Waals surface area contributed by atoms with E-state index in [4.69, 9.17) is 0 Å². The second kappa shape index (κ2) is 56.4. The predicted molar refractivity (Wildman–Crippen MR) is 292 cm³/mol. The van der Waals surface area contributed by atoms with Gasteiger partial charge in [-0.25, -0.2) is 0 Å². The molecular formula is C61H119NO4. The summed E-state index contributed by atoms with van der Waals surface area (Å²) in [5.41, 5.74) is 0. The lowest BCUT2D eigenvalue weighted by atomic mass is 10.0. The van der Waals surface area contributed by atoms with Crippen LogP contribution in [-0.2, 0) is 4.79 Å².